The molecule has 0 radical (unpaired) electrons. The van der Waals surface area contributed by atoms with Crippen LogP contribution in [0.5, 0.6) is 0 Å². The van der Waals surface area contributed by atoms with E-state index in [9.17, 15) is 17.6 Å². The van der Waals surface area contributed by atoms with Gasteiger partial charge in [0.15, 0.2) is 9.84 Å². The van der Waals surface area contributed by atoms with E-state index < -0.39 is 15.1 Å². The molecule has 2 aromatic carbocycles. The first kappa shape index (κ1) is 22.0. The largest absolute Gasteiger partial charge is 0.403 e. The van der Waals surface area contributed by atoms with Gasteiger partial charge in [-0.3, -0.25) is 10.1 Å². The topological polar surface area (TPSA) is 102 Å². The van der Waals surface area contributed by atoms with Crippen LogP contribution in [0, 0.1) is 5.82 Å². The van der Waals surface area contributed by atoms with E-state index in [1.54, 1.807) is 38.1 Å². The van der Waals surface area contributed by atoms with Gasteiger partial charge >= 0.3 is 6.01 Å². The molecule has 3 rings (SSSR count). The quantitative estimate of drug-likeness (QED) is 0.515. The number of benzene rings is 2. The molecule has 0 aliphatic carbocycles. The molecule has 1 heterocycles. The van der Waals surface area contributed by atoms with Crippen molar-refractivity contribution < 1.29 is 22.0 Å². The van der Waals surface area contributed by atoms with Gasteiger partial charge in [-0.15, -0.1) is 16.9 Å². The summed E-state index contributed by atoms with van der Waals surface area (Å²) in [4.78, 5) is 13.1. The molecule has 0 spiro atoms. The van der Waals surface area contributed by atoms with Gasteiger partial charge in [-0.25, -0.2) is 12.8 Å². The number of hydrogen-bond donors (Lipinski definition) is 1. The van der Waals surface area contributed by atoms with Crippen LogP contribution in [-0.4, -0.2) is 35.5 Å². The van der Waals surface area contributed by atoms with Crippen molar-refractivity contribution in [3.63, 3.8) is 0 Å². The molecule has 0 fully saturated rings. The molecule has 7 nitrogen and oxygen atoms in total. The zero-order chi connectivity index (χ0) is 21.7. The first-order chi connectivity index (χ1) is 14.3. The molecule has 30 heavy (non-hydrogen) atoms. The number of sulfone groups is 1. The highest BCUT2D eigenvalue weighted by molar-refractivity contribution is 7.99. The van der Waals surface area contributed by atoms with Crippen LogP contribution in [-0.2, 0) is 14.6 Å². The number of carbonyl (C=O) groups excluding carboxylic acids is 1. The fourth-order valence-electron chi connectivity index (χ4n) is 2.42. The van der Waals surface area contributed by atoms with Crippen LogP contribution >= 0.6 is 11.8 Å². The standard InChI is InChI=1S/C20H20FN3O4S2/c1-13(2)30(26,27)17-9-3-14(4-10-17)19-23-24-20(28-19)22-18(25)11-12-29-16-7-5-15(21)6-8-16/h3-10,13H,11-12H2,1-2H3,(H,22,24,25). The number of hydrogen-bond acceptors (Lipinski definition) is 7. The molecule has 3 aromatic rings. The highest BCUT2D eigenvalue weighted by Gasteiger charge is 2.19. The molecule has 10 heteroatoms. The van der Waals surface area contributed by atoms with Crippen molar-refractivity contribution in [2.24, 2.45) is 0 Å². The predicted molar refractivity (Wildman–Crippen MR) is 112 cm³/mol. The average molecular weight is 450 g/mol. The summed E-state index contributed by atoms with van der Waals surface area (Å²) in [5.74, 6) is 0.0719. The summed E-state index contributed by atoms with van der Waals surface area (Å²) >= 11 is 1.43. The van der Waals surface area contributed by atoms with Crippen molar-refractivity contribution in [3.8, 4) is 11.5 Å². The Morgan fingerprint density at radius 2 is 1.77 bits per heavy atom. The fraction of sp³-hybridized carbons (Fsp3) is 0.250. The molecule has 1 aromatic heterocycles. The molecule has 0 saturated heterocycles. The number of carbonyl (C=O) groups is 1. The van der Waals surface area contributed by atoms with Gasteiger partial charge in [0.2, 0.25) is 11.8 Å². The van der Waals surface area contributed by atoms with Gasteiger partial charge in [0.05, 0.1) is 10.1 Å². The van der Waals surface area contributed by atoms with E-state index in [0.29, 0.717) is 11.3 Å². The van der Waals surface area contributed by atoms with E-state index in [1.165, 1.54) is 36.0 Å². The number of nitrogens with zero attached hydrogens (tertiary/aromatic N) is 2. The third kappa shape index (κ3) is 5.45. The maximum Gasteiger partial charge on any atom is 0.322 e. The monoisotopic (exact) mass is 449 g/mol. The lowest BCUT2D eigenvalue weighted by molar-refractivity contribution is -0.115. The van der Waals surface area contributed by atoms with Crippen LogP contribution in [0.2, 0.25) is 0 Å². The Bertz CT molecular complexity index is 1110. The Balaban J connectivity index is 1.55. The maximum absolute atomic E-state index is 12.9. The number of rotatable bonds is 8. The minimum atomic E-state index is -3.36. The van der Waals surface area contributed by atoms with E-state index in [-0.39, 0.29) is 34.9 Å². The molecule has 0 saturated carbocycles. The van der Waals surface area contributed by atoms with E-state index in [1.807, 2.05) is 0 Å². The Morgan fingerprint density at radius 1 is 1.10 bits per heavy atom. The van der Waals surface area contributed by atoms with Gasteiger partial charge in [-0.2, -0.15) is 0 Å². The Morgan fingerprint density at radius 3 is 2.40 bits per heavy atom. The number of amides is 1. The predicted octanol–water partition coefficient (Wildman–Crippen LogP) is 4.18. The highest BCUT2D eigenvalue weighted by atomic mass is 32.2. The molecular formula is C20H20FN3O4S2. The van der Waals surface area contributed by atoms with E-state index in [0.717, 1.165) is 4.90 Å². The molecular weight excluding hydrogens is 429 g/mol. The molecule has 0 unspecified atom stereocenters. The van der Waals surface area contributed by atoms with Gasteiger partial charge < -0.3 is 4.42 Å². The fourth-order valence-corrected chi connectivity index (χ4v) is 4.34. The second kappa shape index (κ2) is 9.40. The second-order valence-electron chi connectivity index (χ2n) is 6.63. The summed E-state index contributed by atoms with van der Waals surface area (Å²) in [7, 11) is -3.36. The summed E-state index contributed by atoms with van der Waals surface area (Å²) in [5, 5.41) is 9.68. The van der Waals surface area contributed by atoms with Gasteiger partial charge in [-0.05, 0) is 62.4 Å². The third-order valence-corrected chi connectivity index (χ3v) is 7.32. The summed E-state index contributed by atoms with van der Waals surface area (Å²) < 4.78 is 42.7. The van der Waals surface area contributed by atoms with Crippen molar-refractivity contribution in [2.45, 2.75) is 35.3 Å². The molecule has 0 atom stereocenters. The normalized spacial score (nSPS) is 11.6. The van der Waals surface area contributed by atoms with Gasteiger partial charge in [0.1, 0.15) is 5.82 Å². The number of aromatic nitrogens is 2. The van der Waals surface area contributed by atoms with Crippen LogP contribution in [0.1, 0.15) is 20.3 Å². The molecule has 1 amide bonds. The van der Waals surface area contributed by atoms with E-state index in [4.69, 9.17) is 4.42 Å². The molecule has 158 valence electrons. The zero-order valence-corrected chi connectivity index (χ0v) is 18.0. The number of halogens is 1. The number of thioether (sulfide) groups is 1. The SMILES string of the molecule is CC(C)S(=O)(=O)c1ccc(-c2nnc(NC(=O)CCSc3ccc(F)cc3)o2)cc1. The van der Waals surface area contributed by atoms with Crippen molar-refractivity contribution in [2.75, 3.05) is 11.1 Å². The maximum atomic E-state index is 12.9. The zero-order valence-electron chi connectivity index (χ0n) is 16.3. The Hall–Kier alpha value is -2.72. The van der Waals surface area contributed by atoms with Crippen molar-refractivity contribution in [3.05, 3.63) is 54.3 Å². The van der Waals surface area contributed by atoms with Gasteiger partial charge in [0.25, 0.3) is 0 Å². The third-order valence-electron chi connectivity index (χ3n) is 4.13. The van der Waals surface area contributed by atoms with Crippen molar-refractivity contribution in [1.29, 1.82) is 0 Å². The first-order valence-electron chi connectivity index (χ1n) is 9.12. The average Bonchev–Trinajstić information content (AvgIpc) is 3.18. The highest BCUT2D eigenvalue weighted by Crippen LogP contribution is 2.24. The lowest BCUT2D eigenvalue weighted by atomic mass is 10.2. The lowest BCUT2D eigenvalue weighted by Crippen LogP contribution is -2.13. The molecule has 0 aliphatic heterocycles. The summed E-state index contributed by atoms with van der Waals surface area (Å²) in [6, 6.07) is 12.1. The van der Waals surface area contributed by atoms with Crippen molar-refractivity contribution >= 4 is 33.5 Å². The van der Waals surface area contributed by atoms with Crippen LogP contribution in [0.15, 0.2) is 62.7 Å². The number of anilines is 1. The molecule has 0 aliphatic rings. The molecule has 1 N–H and O–H groups in total. The summed E-state index contributed by atoms with van der Waals surface area (Å²) in [6.45, 7) is 3.24. The van der Waals surface area contributed by atoms with Gasteiger partial charge in [0, 0.05) is 22.6 Å². The summed E-state index contributed by atoms with van der Waals surface area (Å²) in [6.07, 6.45) is 0.210. The van der Waals surface area contributed by atoms with E-state index in [2.05, 4.69) is 15.5 Å². The lowest BCUT2D eigenvalue weighted by Gasteiger charge is -2.07. The Labute approximate surface area is 178 Å². The van der Waals surface area contributed by atoms with Crippen molar-refractivity contribution in [1.82, 2.24) is 10.2 Å². The minimum Gasteiger partial charge on any atom is -0.403 e. The van der Waals surface area contributed by atoms with Crippen LogP contribution < -0.4 is 5.32 Å². The van der Waals surface area contributed by atoms with E-state index >= 15 is 0 Å². The smallest absolute Gasteiger partial charge is 0.322 e. The Kier molecular flexibility index (Phi) is 6.88. The van der Waals surface area contributed by atoms with Crippen LogP contribution in [0.25, 0.3) is 11.5 Å². The summed E-state index contributed by atoms with van der Waals surface area (Å²) in [5.41, 5.74) is 0.539. The first-order valence-corrected chi connectivity index (χ1v) is 11.6. The molecule has 0 bridgehead atoms. The second-order valence-corrected chi connectivity index (χ2v) is 10.3. The minimum absolute atomic E-state index is 0.0411. The number of nitrogens with one attached hydrogen (secondary N) is 1. The van der Waals surface area contributed by atoms with Gasteiger partial charge in [-0.1, -0.05) is 5.10 Å². The van der Waals surface area contributed by atoms with Crippen LogP contribution in [0.3, 0.4) is 0 Å². The van der Waals surface area contributed by atoms with Crippen LogP contribution in [0.4, 0.5) is 10.4 Å².